The van der Waals surface area contributed by atoms with Gasteiger partial charge < -0.3 is 0 Å². The Labute approximate surface area is 141 Å². The van der Waals surface area contributed by atoms with Crippen molar-refractivity contribution in [1.29, 1.82) is 0 Å². The smallest absolute Gasteiger partial charge is 0.0781 e. The van der Waals surface area contributed by atoms with Crippen LogP contribution in [0.15, 0.2) is 78.9 Å². The van der Waals surface area contributed by atoms with E-state index in [9.17, 15) is 0 Å². The molecule has 0 aliphatic carbocycles. The summed E-state index contributed by atoms with van der Waals surface area (Å²) < 4.78 is 0.929. The molecule has 0 bridgehead atoms. The highest BCUT2D eigenvalue weighted by atomic mass is 32.2. The van der Waals surface area contributed by atoms with E-state index in [1.165, 1.54) is 22.3 Å². The molecule has 22 heavy (non-hydrogen) atoms. The minimum Gasteiger partial charge on any atom is -0.117 e. The van der Waals surface area contributed by atoms with E-state index in [0.29, 0.717) is 0 Å². The molecule has 0 spiro atoms. The Morgan fingerprint density at radius 2 is 1.23 bits per heavy atom. The Morgan fingerprint density at radius 1 is 0.682 bits per heavy atom. The van der Waals surface area contributed by atoms with Gasteiger partial charge in [-0.1, -0.05) is 91.1 Å². The predicted molar refractivity (Wildman–Crippen MR) is 103 cm³/mol. The van der Waals surface area contributed by atoms with E-state index < -0.39 is 0 Å². The van der Waals surface area contributed by atoms with Crippen LogP contribution >= 0.6 is 24.0 Å². The minimum absolute atomic E-state index is 0.929. The van der Waals surface area contributed by atoms with Gasteiger partial charge in [-0.3, -0.25) is 0 Å². The van der Waals surface area contributed by atoms with Gasteiger partial charge in [-0.05, 0) is 28.5 Å². The Balaban J connectivity index is 2.21. The second kappa shape index (κ2) is 6.91. The molecule has 0 saturated heterocycles. The second-order valence-corrected chi connectivity index (χ2v) is 6.43. The normalized spacial score (nSPS) is 10.4. The summed E-state index contributed by atoms with van der Waals surface area (Å²) in [5, 5.41) is 0. The third-order valence-electron chi connectivity index (χ3n) is 3.63. The zero-order chi connectivity index (χ0) is 15.4. The summed E-state index contributed by atoms with van der Waals surface area (Å²) in [6.45, 7) is 0. The molecule has 0 saturated carbocycles. The van der Waals surface area contributed by atoms with Gasteiger partial charge >= 0.3 is 0 Å². The lowest BCUT2D eigenvalue weighted by Crippen LogP contribution is -1.96. The zero-order valence-electron chi connectivity index (χ0n) is 12.3. The molecular weight excluding hydrogens is 304 g/mol. The molecule has 0 radical (unpaired) electrons. The molecule has 108 valence electrons. The van der Waals surface area contributed by atoms with Crippen LogP contribution < -0.4 is 0 Å². The Hall–Kier alpha value is -1.90. The second-order valence-electron chi connectivity index (χ2n) is 4.95. The molecule has 3 rings (SSSR count). The van der Waals surface area contributed by atoms with Crippen molar-refractivity contribution in [3.8, 4) is 22.3 Å². The molecule has 0 aromatic heterocycles. The van der Waals surface area contributed by atoms with Crippen LogP contribution in [0.5, 0.6) is 0 Å². The number of hydrogen-bond donors (Lipinski definition) is 0. The maximum Gasteiger partial charge on any atom is 0.0781 e. The molecule has 0 unspecified atom stereocenters. The number of hydrogen-bond acceptors (Lipinski definition) is 2. The van der Waals surface area contributed by atoms with E-state index in [-0.39, 0.29) is 0 Å². The number of benzene rings is 3. The summed E-state index contributed by atoms with van der Waals surface area (Å²) >= 11 is 7.15. The molecule has 0 amide bonds. The zero-order valence-corrected chi connectivity index (χ0v) is 14.0. The van der Waals surface area contributed by atoms with Gasteiger partial charge in [0.15, 0.2) is 0 Å². The maximum atomic E-state index is 5.53. The molecule has 0 nitrogen and oxygen atoms in total. The van der Waals surface area contributed by atoms with Crippen molar-refractivity contribution in [1.82, 2.24) is 0 Å². The van der Waals surface area contributed by atoms with Gasteiger partial charge in [0.25, 0.3) is 0 Å². The van der Waals surface area contributed by atoms with Crippen LogP contribution in [0.1, 0.15) is 5.56 Å². The third kappa shape index (κ3) is 2.99. The van der Waals surface area contributed by atoms with Crippen molar-refractivity contribution >= 4 is 28.2 Å². The molecule has 0 atom stereocenters. The van der Waals surface area contributed by atoms with E-state index in [1.54, 1.807) is 11.8 Å². The molecule has 3 aromatic carbocycles. The SMILES string of the molecule is CSC(=S)c1ccccc1-c1ccccc1-c1ccccc1. The van der Waals surface area contributed by atoms with Crippen molar-refractivity contribution in [3.63, 3.8) is 0 Å². The lowest BCUT2D eigenvalue weighted by Gasteiger charge is -2.14. The molecule has 0 aliphatic rings. The number of thioether (sulfide) groups is 1. The van der Waals surface area contributed by atoms with Gasteiger partial charge in [-0.2, -0.15) is 0 Å². The highest BCUT2D eigenvalue weighted by Gasteiger charge is 2.12. The summed E-state index contributed by atoms with van der Waals surface area (Å²) in [6, 6.07) is 27.4. The first kappa shape index (κ1) is 15.0. The summed E-state index contributed by atoms with van der Waals surface area (Å²) in [5.74, 6) is 0. The van der Waals surface area contributed by atoms with Gasteiger partial charge in [0.1, 0.15) is 0 Å². The van der Waals surface area contributed by atoms with Crippen LogP contribution in [0, 0.1) is 0 Å². The highest BCUT2D eigenvalue weighted by molar-refractivity contribution is 8.23. The van der Waals surface area contributed by atoms with Crippen LogP contribution in [0.25, 0.3) is 22.3 Å². The summed E-state index contributed by atoms with van der Waals surface area (Å²) in [7, 11) is 0. The van der Waals surface area contributed by atoms with E-state index in [4.69, 9.17) is 12.2 Å². The average molecular weight is 320 g/mol. The molecule has 2 heteroatoms. The van der Waals surface area contributed by atoms with Gasteiger partial charge in [0, 0.05) is 5.56 Å². The molecule has 0 N–H and O–H groups in total. The van der Waals surface area contributed by atoms with E-state index >= 15 is 0 Å². The Morgan fingerprint density at radius 3 is 1.91 bits per heavy atom. The molecule has 0 fully saturated rings. The maximum absolute atomic E-state index is 5.53. The van der Waals surface area contributed by atoms with E-state index in [0.717, 1.165) is 9.76 Å². The quantitative estimate of drug-likeness (QED) is 0.538. The van der Waals surface area contributed by atoms with Crippen LogP contribution in [0.3, 0.4) is 0 Å². The Kier molecular flexibility index (Phi) is 4.71. The summed E-state index contributed by atoms with van der Waals surface area (Å²) in [6.07, 6.45) is 2.03. The lowest BCUT2D eigenvalue weighted by molar-refractivity contribution is 1.57. The van der Waals surface area contributed by atoms with Crippen LogP contribution in [-0.2, 0) is 0 Å². The molecule has 0 aliphatic heterocycles. The largest absolute Gasteiger partial charge is 0.117 e. The topological polar surface area (TPSA) is 0 Å². The number of thiocarbonyl (C=S) groups is 1. The van der Waals surface area contributed by atoms with E-state index in [2.05, 4.69) is 66.7 Å². The lowest BCUT2D eigenvalue weighted by atomic mass is 9.92. The molecular formula is C20H16S2. The van der Waals surface area contributed by atoms with Gasteiger partial charge in [-0.15, -0.1) is 11.8 Å². The first-order valence-corrected chi connectivity index (χ1v) is 8.76. The molecule has 3 aromatic rings. The van der Waals surface area contributed by atoms with Gasteiger partial charge in [0.2, 0.25) is 0 Å². The minimum atomic E-state index is 0.929. The van der Waals surface area contributed by atoms with Crippen molar-refractivity contribution in [2.24, 2.45) is 0 Å². The fraction of sp³-hybridized carbons (Fsp3) is 0.0500. The Bertz CT molecular complexity index is 792. The predicted octanol–water partition coefficient (Wildman–Crippen LogP) is 6.06. The number of rotatable bonds is 3. The first-order chi connectivity index (χ1) is 10.8. The standard InChI is InChI=1S/C20H16S2/c1-22-20(21)19-14-8-7-13-18(19)17-12-6-5-11-16(17)15-9-3-2-4-10-15/h2-14H,1H3. The van der Waals surface area contributed by atoms with Crippen LogP contribution in [0.4, 0.5) is 0 Å². The first-order valence-electron chi connectivity index (χ1n) is 7.13. The highest BCUT2D eigenvalue weighted by Crippen LogP contribution is 2.34. The monoisotopic (exact) mass is 320 g/mol. The van der Waals surface area contributed by atoms with Gasteiger partial charge in [0.05, 0.1) is 4.20 Å². The summed E-state index contributed by atoms with van der Waals surface area (Å²) in [4.78, 5) is 0. The third-order valence-corrected chi connectivity index (χ3v) is 4.95. The fourth-order valence-electron chi connectivity index (χ4n) is 2.59. The van der Waals surface area contributed by atoms with Crippen LogP contribution in [0.2, 0.25) is 0 Å². The average Bonchev–Trinajstić information content (AvgIpc) is 2.62. The van der Waals surface area contributed by atoms with Crippen molar-refractivity contribution in [2.45, 2.75) is 0 Å². The fourth-order valence-corrected chi connectivity index (χ4v) is 3.17. The van der Waals surface area contributed by atoms with Crippen molar-refractivity contribution < 1.29 is 0 Å². The van der Waals surface area contributed by atoms with E-state index in [1.807, 2.05) is 18.4 Å². The van der Waals surface area contributed by atoms with Gasteiger partial charge in [-0.25, -0.2) is 0 Å². The molecule has 0 heterocycles. The van der Waals surface area contributed by atoms with Crippen LogP contribution in [-0.4, -0.2) is 10.5 Å². The van der Waals surface area contributed by atoms with Crippen molar-refractivity contribution in [3.05, 3.63) is 84.4 Å². The summed E-state index contributed by atoms with van der Waals surface area (Å²) in [5.41, 5.74) is 6.01. The van der Waals surface area contributed by atoms with Crippen molar-refractivity contribution in [2.75, 3.05) is 6.26 Å².